The highest BCUT2D eigenvalue weighted by Gasteiger charge is 2.34. The van der Waals surface area contributed by atoms with Gasteiger partial charge in [0, 0.05) is 6.07 Å². The van der Waals surface area contributed by atoms with E-state index in [0.717, 1.165) is 24.5 Å². The van der Waals surface area contributed by atoms with Crippen LogP contribution < -0.4 is 9.47 Å². The van der Waals surface area contributed by atoms with Crippen molar-refractivity contribution in [1.29, 1.82) is 0 Å². The summed E-state index contributed by atoms with van der Waals surface area (Å²) in [6.07, 6.45) is 0.594. The van der Waals surface area contributed by atoms with Crippen LogP contribution in [0.25, 0.3) is 0 Å². The summed E-state index contributed by atoms with van der Waals surface area (Å²) in [5, 5.41) is 0. The highest BCUT2D eigenvalue weighted by molar-refractivity contribution is 5.33. The van der Waals surface area contributed by atoms with E-state index < -0.39 is 30.7 Å². The van der Waals surface area contributed by atoms with E-state index in [1.165, 1.54) is 12.1 Å². The Bertz CT molecular complexity index is 865. The number of ether oxygens (including phenoxy) is 2. The van der Waals surface area contributed by atoms with Crippen LogP contribution in [0.3, 0.4) is 0 Å². The molecule has 2 unspecified atom stereocenters. The first-order chi connectivity index (χ1) is 15.4. The van der Waals surface area contributed by atoms with Crippen LogP contribution in [0, 0.1) is 17.6 Å². The van der Waals surface area contributed by atoms with Crippen molar-refractivity contribution in [2.75, 3.05) is 13.2 Å². The fourth-order valence-electron chi connectivity index (χ4n) is 4.50. The summed E-state index contributed by atoms with van der Waals surface area (Å²) in [6, 6.07) is 9.39. The fraction of sp³-hybridized carbons (Fsp3) is 0.538. The molecule has 3 rings (SSSR count). The van der Waals surface area contributed by atoms with E-state index in [9.17, 15) is 17.6 Å². The molecule has 0 amide bonds. The van der Waals surface area contributed by atoms with Crippen molar-refractivity contribution in [1.82, 2.24) is 0 Å². The fourth-order valence-corrected chi connectivity index (χ4v) is 4.50. The molecule has 0 aliphatic heterocycles. The van der Waals surface area contributed by atoms with E-state index in [0.29, 0.717) is 37.9 Å². The van der Waals surface area contributed by atoms with E-state index in [-0.39, 0.29) is 23.2 Å². The van der Waals surface area contributed by atoms with Crippen molar-refractivity contribution in [3.05, 3.63) is 59.2 Å². The van der Waals surface area contributed by atoms with Gasteiger partial charge in [0.15, 0.2) is 17.7 Å². The van der Waals surface area contributed by atoms with Gasteiger partial charge in [-0.2, -0.15) is 0 Å². The first-order valence-corrected chi connectivity index (χ1v) is 11.5. The minimum atomic E-state index is -1.81. The minimum Gasteiger partial charge on any atom is -0.491 e. The van der Waals surface area contributed by atoms with Crippen LogP contribution in [0.5, 0.6) is 11.5 Å². The maximum absolute atomic E-state index is 14.8. The molecule has 0 aromatic heterocycles. The van der Waals surface area contributed by atoms with Crippen molar-refractivity contribution >= 4 is 0 Å². The van der Waals surface area contributed by atoms with Gasteiger partial charge in [0.2, 0.25) is 0 Å². The number of hydrogen-bond donors (Lipinski definition) is 0. The summed E-state index contributed by atoms with van der Waals surface area (Å²) < 4.78 is 68.0. The van der Waals surface area contributed by atoms with Crippen LogP contribution in [0.4, 0.5) is 17.6 Å². The second-order valence-electron chi connectivity index (χ2n) is 8.51. The molecule has 1 saturated carbocycles. The van der Waals surface area contributed by atoms with Crippen LogP contribution in [0.2, 0.25) is 0 Å². The van der Waals surface area contributed by atoms with Gasteiger partial charge in [-0.15, -0.1) is 0 Å². The van der Waals surface area contributed by atoms with Crippen molar-refractivity contribution in [2.24, 2.45) is 5.92 Å². The van der Waals surface area contributed by atoms with Crippen molar-refractivity contribution in [3.63, 3.8) is 0 Å². The molecule has 176 valence electrons. The van der Waals surface area contributed by atoms with E-state index in [1.54, 1.807) is 13.0 Å². The lowest BCUT2D eigenvalue weighted by molar-refractivity contribution is 0.0540. The number of rotatable bonds is 10. The molecule has 6 heteroatoms. The van der Waals surface area contributed by atoms with Gasteiger partial charge in [0.25, 0.3) is 0 Å². The van der Waals surface area contributed by atoms with Gasteiger partial charge >= 0.3 is 0 Å². The van der Waals surface area contributed by atoms with Crippen molar-refractivity contribution in [2.45, 2.75) is 70.6 Å². The molecule has 1 aliphatic carbocycles. The lowest BCUT2D eigenvalue weighted by Gasteiger charge is -2.32. The maximum Gasteiger partial charge on any atom is 0.168 e. The molecule has 0 saturated heterocycles. The first-order valence-electron chi connectivity index (χ1n) is 11.5. The SMILES string of the molecule is CCCc1ccc(C2CCC(C(F)C(F)COc3ccc(OCC)c(F)c3)CC2)c(F)c1. The minimum absolute atomic E-state index is 0.0373. The molecule has 0 heterocycles. The predicted molar refractivity (Wildman–Crippen MR) is 118 cm³/mol. The molecule has 0 radical (unpaired) electrons. The van der Waals surface area contributed by atoms with Gasteiger partial charge in [-0.25, -0.2) is 17.6 Å². The topological polar surface area (TPSA) is 18.5 Å². The third-order valence-electron chi connectivity index (χ3n) is 6.22. The smallest absolute Gasteiger partial charge is 0.168 e. The van der Waals surface area contributed by atoms with Crippen molar-refractivity contribution in [3.8, 4) is 11.5 Å². The Balaban J connectivity index is 1.49. The highest BCUT2D eigenvalue weighted by Crippen LogP contribution is 2.40. The van der Waals surface area contributed by atoms with Crippen molar-refractivity contribution < 1.29 is 27.0 Å². The first kappa shape index (κ1) is 24.4. The monoisotopic (exact) mass is 452 g/mol. The normalized spacial score (nSPS) is 20.6. The molecule has 2 nitrogen and oxygen atoms in total. The van der Waals surface area contributed by atoms with Crippen LogP contribution in [0.15, 0.2) is 36.4 Å². The van der Waals surface area contributed by atoms with Gasteiger partial charge in [0.05, 0.1) is 6.61 Å². The molecule has 0 spiro atoms. The summed E-state index contributed by atoms with van der Waals surface area (Å²) >= 11 is 0. The van der Waals surface area contributed by atoms with E-state index >= 15 is 0 Å². The molecule has 1 fully saturated rings. The second kappa shape index (κ2) is 11.6. The maximum atomic E-state index is 14.8. The lowest BCUT2D eigenvalue weighted by atomic mass is 9.76. The zero-order valence-electron chi connectivity index (χ0n) is 18.8. The summed E-state index contributed by atoms with van der Waals surface area (Å²) in [7, 11) is 0. The number of aryl methyl sites for hydroxylation is 1. The van der Waals surface area contributed by atoms with Crippen LogP contribution in [0.1, 0.15) is 63.0 Å². The summed E-state index contributed by atoms with van der Waals surface area (Å²) in [4.78, 5) is 0. The Hall–Kier alpha value is -2.24. The molecule has 32 heavy (non-hydrogen) atoms. The van der Waals surface area contributed by atoms with Gasteiger partial charge < -0.3 is 9.47 Å². The van der Waals surface area contributed by atoms with Gasteiger partial charge in [-0.05, 0) is 80.2 Å². The van der Waals surface area contributed by atoms with Crippen LogP contribution in [-0.2, 0) is 6.42 Å². The number of benzene rings is 2. The van der Waals surface area contributed by atoms with Crippen LogP contribution >= 0.6 is 0 Å². The van der Waals surface area contributed by atoms with E-state index in [1.807, 2.05) is 12.1 Å². The van der Waals surface area contributed by atoms with Gasteiger partial charge in [-0.1, -0.05) is 25.5 Å². The standard InChI is InChI=1S/C26H32F4O2/c1-3-5-17-6-12-21(22(27)14-17)18-7-9-19(10-8-18)26(30)24(29)16-32-20-11-13-25(31-4-2)23(28)15-20/h6,11-15,18-19,24,26H,3-5,7-10,16H2,1-2H3. The average molecular weight is 453 g/mol. The molecule has 2 aromatic carbocycles. The molecular weight excluding hydrogens is 420 g/mol. The Kier molecular flexibility index (Phi) is 8.83. The number of halogens is 4. The lowest BCUT2D eigenvalue weighted by Crippen LogP contribution is -2.33. The highest BCUT2D eigenvalue weighted by atomic mass is 19.2. The zero-order valence-corrected chi connectivity index (χ0v) is 18.8. The van der Waals surface area contributed by atoms with E-state index in [4.69, 9.17) is 9.47 Å². The average Bonchev–Trinajstić information content (AvgIpc) is 2.79. The Morgan fingerprint density at radius 1 is 0.906 bits per heavy atom. The number of alkyl halides is 2. The van der Waals surface area contributed by atoms with Gasteiger partial charge in [0.1, 0.15) is 24.3 Å². The zero-order chi connectivity index (χ0) is 23.1. The van der Waals surface area contributed by atoms with Gasteiger partial charge in [-0.3, -0.25) is 0 Å². The molecule has 0 N–H and O–H groups in total. The van der Waals surface area contributed by atoms with Crippen LogP contribution in [-0.4, -0.2) is 25.6 Å². The number of hydrogen-bond acceptors (Lipinski definition) is 2. The third-order valence-corrected chi connectivity index (χ3v) is 6.22. The Morgan fingerprint density at radius 3 is 2.28 bits per heavy atom. The Morgan fingerprint density at radius 2 is 1.66 bits per heavy atom. The molecule has 2 atom stereocenters. The predicted octanol–water partition coefficient (Wildman–Crippen LogP) is 7.35. The summed E-state index contributed by atoms with van der Waals surface area (Å²) in [5.74, 6) is -0.972. The molecular formula is C26H32F4O2. The third kappa shape index (κ3) is 6.17. The summed E-state index contributed by atoms with van der Waals surface area (Å²) in [5.41, 5.74) is 1.66. The Labute approximate surface area is 187 Å². The molecule has 0 bridgehead atoms. The second-order valence-corrected chi connectivity index (χ2v) is 8.51. The largest absolute Gasteiger partial charge is 0.491 e. The van der Waals surface area contributed by atoms with E-state index in [2.05, 4.69) is 6.92 Å². The quantitative estimate of drug-likeness (QED) is 0.351. The molecule has 1 aliphatic rings. The summed E-state index contributed by atoms with van der Waals surface area (Å²) in [6.45, 7) is 3.64. The molecule has 2 aromatic rings.